The number of anilines is 1. The van der Waals surface area contributed by atoms with E-state index in [0.29, 0.717) is 6.04 Å². The molecule has 1 unspecified atom stereocenters. The summed E-state index contributed by atoms with van der Waals surface area (Å²) in [7, 11) is 0. The fraction of sp³-hybridized carbons (Fsp3) is 0.625. The van der Waals surface area contributed by atoms with Crippen LogP contribution in [0.3, 0.4) is 0 Å². The van der Waals surface area contributed by atoms with Gasteiger partial charge in [-0.05, 0) is 58.2 Å². The zero-order valence-corrected chi connectivity index (χ0v) is 14.0. The monoisotopic (exact) mass is 324 g/mol. The highest BCUT2D eigenvalue weighted by Crippen LogP contribution is 2.31. The highest BCUT2D eigenvalue weighted by Gasteiger charge is 2.23. The van der Waals surface area contributed by atoms with E-state index in [9.17, 15) is 0 Å². The number of hydrogen-bond donors (Lipinski definition) is 1. The third kappa shape index (κ3) is 3.96. The zero-order valence-electron chi connectivity index (χ0n) is 12.5. The molecular formula is C16H25BrN2. The number of nitrogens with zero attached hydrogens (tertiary/aromatic N) is 1. The van der Waals surface area contributed by atoms with Crippen LogP contribution in [0.5, 0.6) is 0 Å². The lowest BCUT2D eigenvalue weighted by atomic mass is 10.1. The van der Waals surface area contributed by atoms with E-state index in [2.05, 4.69) is 72.0 Å². The molecule has 19 heavy (non-hydrogen) atoms. The predicted molar refractivity (Wildman–Crippen MR) is 86.8 cm³/mol. The lowest BCUT2D eigenvalue weighted by molar-refractivity contribution is 0.424. The maximum Gasteiger partial charge on any atom is 0.0425 e. The Hall–Kier alpha value is -0.540. The minimum atomic E-state index is 0.154. The van der Waals surface area contributed by atoms with Crippen LogP contribution in [-0.2, 0) is 6.54 Å². The van der Waals surface area contributed by atoms with Gasteiger partial charge in [0, 0.05) is 34.8 Å². The molecule has 0 bridgehead atoms. The standard InChI is InChI=1S/C16H25BrN2/c1-12-6-5-9-19(12)15-10-14(17)8-7-13(15)11-18-16(2,3)4/h7-8,10,12,18H,5-6,9,11H2,1-4H3. The Labute approximate surface area is 125 Å². The first-order valence-electron chi connectivity index (χ1n) is 7.17. The Morgan fingerprint density at radius 3 is 2.68 bits per heavy atom. The molecule has 1 fully saturated rings. The molecule has 1 aromatic rings. The summed E-state index contributed by atoms with van der Waals surface area (Å²) in [5.74, 6) is 0. The summed E-state index contributed by atoms with van der Waals surface area (Å²) in [6.45, 7) is 11.1. The van der Waals surface area contributed by atoms with Gasteiger partial charge in [0.1, 0.15) is 0 Å². The molecule has 3 heteroatoms. The Bertz CT molecular complexity index is 437. The molecule has 0 spiro atoms. The summed E-state index contributed by atoms with van der Waals surface area (Å²) < 4.78 is 1.17. The Kier molecular flexibility index (Phi) is 4.57. The van der Waals surface area contributed by atoms with Gasteiger partial charge in [-0.2, -0.15) is 0 Å². The van der Waals surface area contributed by atoms with Gasteiger partial charge >= 0.3 is 0 Å². The molecule has 106 valence electrons. The van der Waals surface area contributed by atoms with Crippen LogP contribution in [0.4, 0.5) is 5.69 Å². The molecule has 0 radical (unpaired) electrons. The van der Waals surface area contributed by atoms with Gasteiger partial charge in [0.2, 0.25) is 0 Å². The molecular weight excluding hydrogens is 300 g/mol. The van der Waals surface area contributed by atoms with Gasteiger partial charge < -0.3 is 10.2 Å². The van der Waals surface area contributed by atoms with Crippen LogP contribution >= 0.6 is 15.9 Å². The third-order valence-corrected chi connectivity index (χ3v) is 4.21. The molecule has 1 N–H and O–H groups in total. The van der Waals surface area contributed by atoms with Gasteiger partial charge in [-0.25, -0.2) is 0 Å². The summed E-state index contributed by atoms with van der Waals surface area (Å²) >= 11 is 3.61. The van der Waals surface area contributed by atoms with Gasteiger partial charge in [-0.15, -0.1) is 0 Å². The SMILES string of the molecule is CC1CCCN1c1cc(Br)ccc1CNC(C)(C)C. The lowest BCUT2D eigenvalue weighted by Gasteiger charge is -2.28. The lowest BCUT2D eigenvalue weighted by Crippen LogP contribution is -2.36. The van der Waals surface area contributed by atoms with Gasteiger partial charge in [-0.3, -0.25) is 0 Å². The molecule has 1 aliphatic rings. The quantitative estimate of drug-likeness (QED) is 0.890. The Balaban J connectivity index is 2.22. The zero-order chi connectivity index (χ0) is 14.0. The molecule has 1 heterocycles. The van der Waals surface area contributed by atoms with Crippen molar-refractivity contribution in [3.8, 4) is 0 Å². The normalized spacial score (nSPS) is 20.1. The number of rotatable bonds is 3. The molecule has 0 aromatic heterocycles. The fourth-order valence-electron chi connectivity index (χ4n) is 2.61. The topological polar surface area (TPSA) is 15.3 Å². The minimum absolute atomic E-state index is 0.154. The van der Waals surface area contributed by atoms with Crippen LogP contribution in [0.25, 0.3) is 0 Å². The van der Waals surface area contributed by atoms with E-state index in [4.69, 9.17) is 0 Å². The number of hydrogen-bond acceptors (Lipinski definition) is 2. The van der Waals surface area contributed by atoms with Crippen LogP contribution in [-0.4, -0.2) is 18.1 Å². The van der Waals surface area contributed by atoms with Crippen molar-refractivity contribution >= 4 is 21.6 Å². The second kappa shape index (κ2) is 5.84. The summed E-state index contributed by atoms with van der Waals surface area (Å²) in [5.41, 5.74) is 2.93. The van der Waals surface area contributed by atoms with Crippen molar-refractivity contribution in [2.75, 3.05) is 11.4 Å². The molecule has 1 aromatic carbocycles. The number of nitrogens with one attached hydrogen (secondary N) is 1. The fourth-order valence-corrected chi connectivity index (χ4v) is 2.95. The Morgan fingerprint density at radius 2 is 2.11 bits per heavy atom. The van der Waals surface area contributed by atoms with Crippen molar-refractivity contribution in [2.24, 2.45) is 0 Å². The largest absolute Gasteiger partial charge is 0.369 e. The van der Waals surface area contributed by atoms with Crippen molar-refractivity contribution in [1.82, 2.24) is 5.32 Å². The Morgan fingerprint density at radius 1 is 1.37 bits per heavy atom. The van der Waals surface area contributed by atoms with E-state index in [1.165, 1.54) is 35.1 Å². The first-order chi connectivity index (χ1) is 8.87. The molecule has 1 atom stereocenters. The van der Waals surface area contributed by atoms with Gasteiger partial charge in [0.15, 0.2) is 0 Å². The van der Waals surface area contributed by atoms with Crippen molar-refractivity contribution in [2.45, 2.75) is 58.7 Å². The van der Waals surface area contributed by atoms with Gasteiger partial charge in [-0.1, -0.05) is 22.0 Å². The summed E-state index contributed by atoms with van der Waals surface area (Å²) in [6, 6.07) is 7.30. The molecule has 0 aliphatic carbocycles. The van der Waals surface area contributed by atoms with E-state index in [1.54, 1.807) is 0 Å². The maximum atomic E-state index is 3.61. The van der Waals surface area contributed by atoms with Crippen LogP contribution in [0, 0.1) is 0 Å². The minimum Gasteiger partial charge on any atom is -0.369 e. The number of halogens is 1. The molecule has 0 amide bonds. The first kappa shape index (κ1) is 14.9. The predicted octanol–water partition coefficient (Wildman–Crippen LogP) is 4.33. The summed E-state index contributed by atoms with van der Waals surface area (Å²) in [5, 5.41) is 3.59. The van der Waals surface area contributed by atoms with E-state index < -0.39 is 0 Å². The molecule has 0 saturated carbocycles. The van der Waals surface area contributed by atoms with Crippen molar-refractivity contribution < 1.29 is 0 Å². The van der Waals surface area contributed by atoms with Crippen molar-refractivity contribution in [3.63, 3.8) is 0 Å². The van der Waals surface area contributed by atoms with Crippen LogP contribution in [0.2, 0.25) is 0 Å². The van der Waals surface area contributed by atoms with E-state index in [1.807, 2.05) is 0 Å². The second-order valence-electron chi connectivity index (χ2n) is 6.56. The van der Waals surface area contributed by atoms with E-state index in [0.717, 1.165) is 6.54 Å². The smallest absolute Gasteiger partial charge is 0.0425 e. The highest BCUT2D eigenvalue weighted by molar-refractivity contribution is 9.10. The maximum absolute atomic E-state index is 3.61. The molecule has 2 rings (SSSR count). The third-order valence-electron chi connectivity index (χ3n) is 3.72. The van der Waals surface area contributed by atoms with E-state index >= 15 is 0 Å². The average molecular weight is 325 g/mol. The van der Waals surface area contributed by atoms with Crippen molar-refractivity contribution in [1.29, 1.82) is 0 Å². The molecule has 1 saturated heterocycles. The summed E-state index contributed by atoms with van der Waals surface area (Å²) in [6.07, 6.45) is 2.61. The van der Waals surface area contributed by atoms with Crippen LogP contribution in [0.15, 0.2) is 22.7 Å². The highest BCUT2D eigenvalue weighted by atomic mass is 79.9. The van der Waals surface area contributed by atoms with Crippen LogP contribution in [0.1, 0.15) is 46.1 Å². The average Bonchev–Trinajstić information content (AvgIpc) is 2.72. The molecule has 2 nitrogen and oxygen atoms in total. The summed E-state index contributed by atoms with van der Waals surface area (Å²) in [4.78, 5) is 2.55. The van der Waals surface area contributed by atoms with E-state index in [-0.39, 0.29) is 5.54 Å². The van der Waals surface area contributed by atoms with Gasteiger partial charge in [0.25, 0.3) is 0 Å². The molecule has 1 aliphatic heterocycles. The second-order valence-corrected chi connectivity index (χ2v) is 7.48. The van der Waals surface area contributed by atoms with Crippen molar-refractivity contribution in [3.05, 3.63) is 28.2 Å². The van der Waals surface area contributed by atoms with Crippen LogP contribution < -0.4 is 10.2 Å². The first-order valence-corrected chi connectivity index (χ1v) is 7.96. The van der Waals surface area contributed by atoms with Gasteiger partial charge in [0.05, 0.1) is 0 Å². The number of benzene rings is 1.